The van der Waals surface area contributed by atoms with Gasteiger partial charge in [0.1, 0.15) is 11.6 Å². The SMILES string of the molecule is CC(C)N(Cc1ccccc1)Cc1nc(COc2ccc(F)cc2)no1. The summed E-state index contributed by atoms with van der Waals surface area (Å²) in [4.78, 5) is 6.65. The van der Waals surface area contributed by atoms with Crippen LogP contribution in [0, 0.1) is 5.82 Å². The highest BCUT2D eigenvalue weighted by Gasteiger charge is 2.15. The van der Waals surface area contributed by atoms with Gasteiger partial charge in [-0.05, 0) is 43.7 Å². The lowest BCUT2D eigenvalue weighted by atomic mass is 10.2. The Morgan fingerprint density at radius 1 is 1.04 bits per heavy atom. The molecule has 3 aromatic rings. The number of halogens is 1. The molecule has 0 saturated carbocycles. The summed E-state index contributed by atoms with van der Waals surface area (Å²) in [5.74, 6) is 1.28. The van der Waals surface area contributed by atoms with Crippen LogP contribution in [0.1, 0.15) is 31.1 Å². The first-order chi connectivity index (χ1) is 12.6. The largest absolute Gasteiger partial charge is 0.485 e. The fourth-order valence-electron chi connectivity index (χ4n) is 2.50. The minimum atomic E-state index is -0.300. The van der Waals surface area contributed by atoms with E-state index in [-0.39, 0.29) is 12.4 Å². The van der Waals surface area contributed by atoms with Crippen LogP contribution in [0.2, 0.25) is 0 Å². The van der Waals surface area contributed by atoms with E-state index in [1.54, 1.807) is 12.1 Å². The minimum Gasteiger partial charge on any atom is -0.485 e. The Bertz CT molecular complexity index is 803. The predicted octanol–water partition coefficient (Wildman–Crippen LogP) is 4.20. The fourth-order valence-corrected chi connectivity index (χ4v) is 2.50. The molecule has 1 heterocycles. The average molecular weight is 355 g/mol. The lowest BCUT2D eigenvalue weighted by molar-refractivity contribution is 0.176. The van der Waals surface area contributed by atoms with Gasteiger partial charge < -0.3 is 9.26 Å². The second kappa shape index (κ2) is 8.58. The first kappa shape index (κ1) is 18.1. The molecule has 0 unspecified atom stereocenters. The third kappa shape index (κ3) is 5.13. The highest BCUT2D eigenvalue weighted by atomic mass is 19.1. The maximum absolute atomic E-state index is 12.9. The van der Waals surface area contributed by atoms with Crippen LogP contribution in [0.3, 0.4) is 0 Å². The van der Waals surface area contributed by atoms with Gasteiger partial charge in [-0.2, -0.15) is 4.98 Å². The molecule has 6 heteroatoms. The van der Waals surface area contributed by atoms with Crippen LogP contribution >= 0.6 is 0 Å². The molecule has 3 rings (SSSR count). The lowest BCUT2D eigenvalue weighted by Crippen LogP contribution is -2.30. The third-order valence-electron chi connectivity index (χ3n) is 3.99. The maximum atomic E-state index is 12.9. The van der Waals surface area contributed by atoms with Crippen LogP contribution in [0.5, 0.6) is 5.75 Å². The molecular weight excluding hydrogens is 333 g/mol. The summed E-state index contributed by atoms with van der Waals surface area (Å²) in [5, 5.41) is 3.96. The summed E-state index contributed by atoms with van der Waals surface area (Å²) in [6.07, 6.45) is 0. The van der Waals surface area contributed by atoms with Gasteiger partial charge in [0.15, 0.2) is 6.61 Å². The Hall–Kier alpha value is -2.73. The minimum absolute atomic E-state index is 0.176. The van der Waals surface area contributed by atoms with E-state index in [9.17, 15) is 4.39 Å². The molecule has 0 saturated heterocycles. The van der Waals surface area contributed by atoms with Gasteiger partial charge in [-0.25, -0.2) is 4.39 Å². The number of rotatable bonds is 8. The molecule has 0 bridgehead atoms. The zero-order valence-electron chi connectivity index (χ0n) is 14.9. The van der Waals surface area contributed by atoms with E-state index in [1.165, 1.54) is 17.7 Å². The summed E-state index contributed by atoms with van der Waals surface area (Å²) in [7, 11) is 0. The van der Waals surface area contributed by atoms with E-state index in [0.717, 1.165) is 6.54 Å². The standard InChI is InChI=1S/C20H22FN3O2/c1-15(2)24(12-16-6-4-3-5-7-16)13-20-22-19(23-26-20)14-25-18-10-8-17(21)9-11-18/h3-11,15H,12-14H2,1-2H3. The van der Waals surface area contributed by atoms with Crippen molar-refractivity contribution >= 4 is 0 Å². The van der Waals surface area contributed by atoms with Crippen molar-refractivity contribution in [3.8, 4) is 5.75 Å². The van der Waals surface area contributed by atoms with Gasteiger partial charge >= 0.3 is 0 Å². The third-order valence-corrected chi connectivity index (χ3v) is 3.99. The molecule has 0 fully saturated rings. The first-order valence-corrected chi connectivity index (χ1v) is 8.58. The van der Waals surface area contributed by atoms with Gasteiger partial charge in [-0.15, -0.1) is 0 Å². The van der Waals surface area contributed by atoms with Gasteiger partial charge in [-0.3, -0.25) is 4.90 Å². The zero-order chi connectivity index (χ0) is 18.4. The van der Waals surface area contributed by atoms with E-state index in [1.807, 2.05) is 18.2 Å². The quantitative estimate of drug-likeness (QED) is 0.606. The van der Waals surface area contributed by atoms with Crippen LogP contribution in [0.25, 0.3) is 0 Å². The van der Waals surface area contributed by atoms with Gasteiger partial charge in [0.05, 0.1) is 6.54 Å². The molecule has 2 aromatic carbocycles. The van der Waals surface area contributed by atoms with E-state index < -0.39 is 0 Å². The van der Waals surface area contributed by atoms with E-state index >= 15 is 0 Å². The van der Waals surface area contributed by atoms with E-state index in [4.69, 9.17) is 9.26 Å². The smallest absolute Gasteiger partial charge is 0.240 e. The van der Waals surface area contributed by atoms with Gasteiger partial charge in [0, 0.05) is 12.6 Å². The Balaban J connectivity index is 1.58. The molecule has 0 aliphatic carbocycles. The van der Waals surface area contributed by atoms with Gasteiger partial charge in [-0.1, -0.05) is 35.5 Å². The van der Waals surface area contributed by atoms with E-state index in [0.29, 0.717) is 30.1 Å². The summed E-state index contributed by atoms with van der Waals surface area (Å²) >= 11 is 0. The highest BCUT2D eigenvalue weighted by molar-refractivity contribution is 5.22. The van der Waals surface area contributed by atoms with Crippen LogP contribution < -0.4 is 4.74 Å². The van der Waals surface area contributed by atoms with Crippen molar-refractivity contribution in [2.75, 3.05) is 0 Å². The topological polar surface area (TPSA) is 51.4 Å². The van der Waals surface area contributed by atoms with E-state index in [2.05, 4.69) is 41.0 Å². The van der Waals surface area contributed by atoms with Crippen LogP contribution in [0.4, 0.5) is 4.39 Å². The molecular formula is C20H22FN3O2. The molecule has 0 radical (unpaired) electrons. The van der Waals surface area contributed by atoms with Crippen molar-refractivity contribution < 1.29 is 13.7 Å². The summed E-state index contributed by atoms with van der Waals surface area (Å²) in [6, 6.07) is 16.4. The number of aromatic nitrogens is 2. The highest BCUT2D eigenvalue weighted by Crippen LogP contribution is 2.14. The molecule has 1 aromatic heterocycles. The second-order valence-corrected chi connectivity index (χ2v) is 6.33. The summed E-state index contributed by atoms with van der Waals surface area (Å²) < 4.78 is 23.8. The van der Waals surface area contributed by atoms with Crippen molar-refractivity contribution in [2.24, 2.45) is 0 Å². The molecule has 26 heavy (non-hydrogen) atoms. The van der Waals surface area contributed by atoms with Crippen LogP contribution in [-0.4, -0.2) is 21.1 Å². The molecule has 0 aliphatic heterocycles. The average Bonchev–Trinajstić information content (AvgIpc) is 3.09. The summed E-state index contributed by atoms with van der Waals surface area (Å²) in [6.45, 7) is 5.82. The molecule has 136 valence electrons. The van der Waals surface area contributed by atoms with Crippen LogP contribution in [-0.2, 0) is 19.7 Å². The number of nitrogens with zero attached hydrogens (tertiary/aromatic N) is 3. The second-order valence-electron chi connectivity index (χ2n) is 6.33. The zero-order valence-corrected chi connectivity index (χ0v) is 14.9. The van der Waals surface area contributed by atoms with Crippen LogP contribution in [0.15, 0.2) is 59.1 Å². The lowest BCUT2D eigenvalue weighted by Gasteiger charge is -2.24. The number of ether oxygens (including phenoxy) is 1. The monoisotopic (exact) mass is 355 g/mol. The number of hydrogen-bond donors (Lipinski definition) is 0. The Labute approximate surface area is 152 Å². The predicted molar refractivity (Wildman–Crippen MR) is 95.9 cm³/mol. The van der Waals surface area contributed by atoms with Gasteiger partial charge in [0.25, 0.3) is 0 Å². The number of hydrogen-bond acceptors (Lipinski definition) is 5. The van der Waals surface area contributed by atoms with Gasteiger partial charge in [0.2, 0.25) is 11.7 Å². The van der Waals surface area contributed by atoms with Crippen molar-refractivity contribution in [3.05, 3.63) is 77.7 Å². The van der Waals surface area contributed by atoms with Crippen molar-refractivity contribution in [2.45, 2.75) is 39.6 Å². The molecule has 0 spiro atoms. The Morgan fingerprint density at radius 2 is 1.77 bits per heavy atom. The van der Waals surface area contributed by atoms with Crippen molar-refractivity contribution in [1.29, 1.82) is 0 Å². The molecule has 0 N–H and O–H groups in total. The molecule has 0 aliphatic rings. The Kier molecular flexibility index (Phi) is 5.96. The first-order valence-electron chi connectivity index (χ1n) is 8.58. The van der Waals surface area contributed by atoms with Crippen molar-refractivity contribution in [3.63, 3.8) is 0 Å². The summed E-state index contributed by atoms with van der Waals surface area (Å²) in [5.41, 5.74) is 1.24. The molecule has 0 amide bonds. The molecule has 5 nitrogen and oxygen atoms in total. The Morgan fingerprint density at radius 3 is 2.46 bits per heavy atom. The maximum Gasteiger partial charge on any atom is 0.240 e. The normalized spacial score (nSPS) is 11.3. The fraction of sp³-hybridized carbons (Fsp3) is 0.300. The van der Waals surface area contributed by atoms with Crippen molar-refractivity contribution in [1.82, 2.24) is 15.0 Å². The molecule has 0 atom stereocenters. The number of benzene rings is 2.